The molecule has 1 N–H and O–H groups in total. The van der Waals surface area contributed by atoms with E-state index in [0.717, 1.165) is 35.7 Å². The minimum atomic E-state index is 0.460. The van der Waals surface area contributed by atoms with Crippen LogP contribution in [0.15, 0.2) is 36.7 Å². The van der Waals surface area contributed by atoms with Crippen molar-refractivity contribution in [2.24, 2.45) is 12.5 Å². The van der Waals surface area contributed by atoms with Crippen LogP contribution in [0.25, 0.3) is 33.3 Å². The lowest BCUT2D eigenvalue weighted by Gasteiger charge is -2.39. The average molecular weight is 374 g/mol. The van der Waals surface area contributed by atoms with E-state index in [2.05, 4.69) is 71.0 Å². The van der Waals surface area contributed by atoms with Gasteiger partial charge in [-0.3, -0.25) is 5.10 Å². The molecule has 0 saturated carbocycles. The second kappa shape index (κ2) is 6.33. The van der Waals surface area contributed by atoms with Crippen molar-refractivity contribution in [2.45, 2.75) is 33.1 Å². The standard InChI is InChI=1S/C22H26N6/c1-4-22(2)9-12-28(13-10-22)18-14-23-20-19(25-26-21(20)24-18)16-6-5-7-17-15(16)8-11-27(17)3/h5-8,11,14H,4,9-10,12-13H2,1-3H3,(H,24,25,26). The van der Waals surface area contributed by atoms with Gasteiger partial charge in [-0.1, -0.05) is 32.4 Å². The zero-order valence-electron chi connectivity index (χ0n) is 16.7. The van der Waals surface area contributed by atoms with Crippen LogP contribution in [-0.4, -0.2) is 37.8 Å². The van der Waals surface area contributed by atoms with E-state index in [1.807, 2.05) is 6.20 Å². The smallest absolute Gasteiger partial charge is 0.202 e. The highest BCUT2D eigenvalue weighted by atomic mass is 15.2. The Balaban J connectivity index is 1.51. The number of aromatic amines is 1. The van der Waals surface area contributed by atoms with Gasteiger partial charge in [-0.15, -0.1) is 0 Å². The lowest BCUT2D eigenvalue weighted by Crippen LogP contribution is -2.38. The van der Waals surface area contributed by atoms with Gasteiger partial charge >= 0.3 is 0 Å². The van der Waals surface area contributed by atoms with E-state index in [1.54, 1.807) is 0 Å². The molecule has 6 nitrogen and oxygen atoms in total. The largest absolute Gasteiger partial charge is 0.355 e. The fraction of sp³-hybridized carbons (Fsp3) is 0.409. The van der Waals surface area contributed by atoms with Crippen molar-refractivity contribution in [3.63, 3.8) is 0 Å². The Labute approximate surface area is 164 Å². The highest BCUT2D eigenvalue weighted by Crippen LogP contribution is 2.36. The lowest BCUT2D eigenvalue weighted by molar-refractivity contribution is 0.238. The number of nitrogens with one attached hydrogen (secondary N) is 1. The Morgan fingerprint density at radius 3 is 2.79 bits per heavy atom. The molecule has 0 bridgehead atoms. The van der Waals surface area contributed by atoms with E-state index < -0.39 is 0 Å². The molecule has 0 amide bonds. The fourth-order valence-corrected chi connectivity index (χ4v) is 4.28. The first-order valence-corrected chi connectivity index (χ1v) is 10.1. The Kier molecular flexibility index (Phi) is 3.89. The van der Waals surface area contributed by atoms with Crippen LogP contribution in [0, 0.1) is 5.41 Å². The third-order valence-corrected chi connectivity index (χ3v) is 6.60. The van der Waals surface area contributed by atoms with Gasteiger partial charge in [0.05, 0.1) is 11.9 Å². The Morgan fingerprint density at radius 1 is 1.18 bits per heavy atom. The minimum absolute atomic E-state index is 0.460. The molecule has 6 heteroatoms. The molecule has 0 radical (unpaired) electrons. The van der Waals surface area contributed by atoms with E-state index in [1.165, 1.54) is 30.2 Å². The van der Waals surface area contributed by atoms with Gasteiger partial charge in [-0.25, -0.2) is 9.97 Å². The number of benzene rings is 1. The van der Waals surface area contributed by atoms with Crippen LogP contribution in [-0.2, 0) is 7.05 Å². The number of hydrogen-bond donors (Lipinski definition) is 1. The number of anilines is 1. The summed E-state index contributed by atoms with van der Waals surface area (Å²) in [6.07, 6.45) is 7.62. The molecule has 4 heterocycles. The molecular formula is C22H26N6. The maximum Gasteiger partial charge on any atom is 0.202 e. The summed E-state index contributed by atoms with van der Waals surface area (Å²) in [5, 5.41) is 8.85. The van der Waals surface area contributed by atoms with E-state index in [-0.39, 0.29) is 0 Å². The van der Waals surface area contributed by atoms with Gasteiger partial charge in [0.15, 0.2) is 0 Å². The SMILES string of the molecule is CCC1(C)CCN(c2cnc3c(-c4cccc5c4ccn5C)[nH]nc3n2)CC1. The Bertz CT molecular complexity index is 1150. The summed E-state index contributed by atoms with van der Waals surface area (Å²) < 4.78 is 2.13. The molecule has 1 aromatic carbocycles. The molecule has 0 aliphatic carbocycles. The summed E-state index contributed by atoms with van der Waals surface area (Å²) in [7, 11) is 2.06. The highest BCUT2D eigenvalue weighted by molar-refractivity contribution is 6.00. The Morgan fingerprint density at radius 2 is 2.00 bits per heavy atom. The Hall–Kier alpha value is -2.89. The topological polar surface area (TPSA) is 62.6 Å². The molecular weight excluding hydrogens is 348 g/mol. The zero-order chi connectivity index (χ0) is 19.3. The molecule has 144 valence electrons. The van der Waals surface area contributed by atoms with Crippen LogP contribution in [0.2, 0.25) is 0 Å². The molecule has 5 rings (SSSR count). The fourth-order valence-electron chi connectivity index (χ4n) is 4.28. The number of aryl methyl sites for hydroxylation is 1. The van der Waals surface area contributed by atoms with Crippen molar-refractivity contribution in [1.82, 2.24) is 24.7 Å². The maximum absolute atomic E-state index is 4.82. The van der Waals surface area contributed by atoms with Gasteiger partial charge < -0.3 is 9.47 Å². The van der Waals surface area contributed by atoms with Gasteiger partial charge in [0, 0.05) is 42.8 Å². The lowest BCUT2D eigenvalue weighted by atomic mass is 9.78. The molecule has 4 aromatic rings. The number of piperidine rings is 1. The van der Waals surface area contributed by atoms with Gasteiger partial charge in [0.2, 0.25) is 5.65 Å². The molecule has 28 heavy (non-hydrogen) atoms. The molecule has 0 spiro atoms. The summed E-state index contributed by atoms with van der Waals surface area (Å²) in [5.74, 6) is 0.932. The molecule has 1 saturated heterocycles. The van der Waals surface area contributed by atoms with Crippen molar-refractivity contribution >= 4 is 27.9 Å². The normalized spacial score (nSPS) is 16.9. The first-order valence-electron chi connectivity index (χ1n) is 10.1. The van der Waals surface area contributed by atoms with Crippen molar-refractivity contribution in [3.8, 4) is 11.3 Å². The number of rotatable bonds is 3. The van der Waals surface area contributed by atoms with E-state index in [9.17, 15) is 0 Å². The minimum Gasteiger partial charge on any atom is -0.355 e. The average Bonchev–Trinajstić information content (AvgIpc) is 3.32. The number of nitrogens with zero attached hydrogens (tertiary/aromatic N) is 5. The number of H-pyrrole nitrogens is 1. The maximum atomic E-state index is 4.82. The van der Waals surface area contributed by atoms with Crippen LogP contribution in [0.1, 0.15) is 33.1 Å². The quantitative estimate of drug-likeness (QED) is 0.572. The predicted octanol–water partition coefficient (Wildman–Crippen LogP) is 4.53. The van der Waals surface area contributed by atoms with Crippen LogP contribution < -0.4 is 4.90 Å². The van der Waals surface area contributed by atoms with Crippen LogP contribution in [0.5, 0.6) is 0 Å². The zero-order valence-corrected chi connectivity index (χ0v) is 16.7. The van der Waals surface area contributed by atoms with E-state index in [4.69, 9.17) is 9.97 Å². The number of hydrogen-bond acceptors (Lipinski definition) is 4. The first kappa shape index (κ1) is 17.2. The summed E-state index contributed by atoms with van der Waals surface area (Å²) in [6, 6.07) is 8.45. The highest BCUT2D eigenvalue weighted by Gasteiger charge is 2.29. The van der Waals surface area contributed by atoms with Gasteiger partial charge in [0.25, 0.3) is 0 Å². The summed E-state index contributed by atoms with van der Waals surface area (Å²) in [6.45, 7) is 6.75. The third-order valence-electron chi connectivity index (χ3n) is 6.60. The van der Waals surface area contributed by atoms with E-state index in [0.29, 0.717) is 11.1 Å². The summed E-state index contributed by atoms with van der Waals surface area (Å²) in [5.41, 5.74) is 5.21. The van der Waals surface area contributed by atoms with Crippen molar-refractivity contribution in [1.29, 1.82) is 0 Å². The van der Waals surface area contributed by atoms with Gasteiger partial charge in [0.1, 0.15) is 11.3 Å². The second-order valence-electron chi connectivity index (χ2n) is 8.32. The molecule has 0 atom stereocenters. The third kappa shape index (κ3) is 2.66. The molecule has 1 aliphatic rings. The van der Waals surface area contributed by atoms with Crippen LogP contribution in [0.3, 0.4) is 0 Å². The number of aromatic nitrogens is 5. The monoisotopic (exact) mass is 374 g/mol. The molecule has 0 unspecified atom stereocenters. The van der Waals surface area contributed by atoms with Gasteiger partial charge in [-0.2, -0.15) is 5.10 Å². The van der Waals surface area contributed by atoms with Crippen molar-refractivity contribution < 1.29 is 0 Å². The first-order chi connectivity index (χ1) is 13.6. The van der Waals surface area contributed by atoms with Crippen molar-refractivity contribution in [2.75, 3.05) is 18.0 Å². The van der Waals surface area contributed by atoms with E-state index >= 15 is 0 Å². The second-order valence-corrected chi connectivity index (χ2v) is 8.32. The molecule has 1 fully saturated rings. The predicted molar refractivity (Wildman–Crippen MR) is 113 cm³/mol. The summed E-state index contributed by atoms with van der Waals surface area (Å²) >= 11 is 0. The van der Waals surface area contributed by atoms with Crippen molar-refractivity contribution in [3.05, 3.63) is 36.7 Å². The molecule has 3 aromatic heterocycles. The van der Waals surface area contributed by atoms with Gasteiger partial charge in [-0.05, 0) is 30.4 Å². The number of fused-ring (bicyclic) bond motifs is 2. The summed E-state index contributed by atoms with van der Waals surface area (Å²) in [4.78, 5) is 11.9. The van der Waals surface area contributed by atoms with Crippen LogP contribution in [0.4, 0.5) is 5.82 Å². The molecule has 1 aliphatic heterocycles. The van der Waals surface area contributed by atoms with Crippen LogP contribution >= 0.6 is 0 Å².